The number of rotatable bonds is 1. The van der Waals surface area contributed by atoms with E-state index in [1.807, 2.05) is 0 Å². The molecule has 0 unspecified atom stereocenters. The molecule has 0 radical (unpaired) electrons. The maximum Gasteiger partial charge on any atom is 0.0247 e. The van der Waals surface area contributed by atoms with Crippen LogP contribution in [0.2, 0.25) is 0 Å². The van der Waals surface area contributed by atoms with Crippen molar-refractivity contribution in [2.45, 2.75) is 18.9 Å². The fraction of sp³-hybridized carbons (Fsp3) is 0.455. The Bertz CT molecular complexity index is 296. The van der Waals surface area contributed by atoms with Crippen LogP contribution in [0.1, 0.15) is 17.0 Å². The van der Waals surface area contributed by atoms with Gasteiger partial charge >= 0.3 is 0 Å². The normalized spacial score (nSPS) is 27.8. The molecule has 2 nitrogen and oxygen atoms in total. The summed E-state index contributed by atoms with van der Waals surface area (Å²) in [5.41, 5.74) is 8.77. The Morgan fingerprint density at radius 1 is 1.31 bits per heavy atom. The van der Waals surface area contributed by atoms with Crippen LogP contribution in [0.4, 0.5) is 0 Å². The molecular formula is C11H16N2. The molecule has 0 bridgehead atoms. The number of nitrogens with two attached hydrogens (primary N) is 1. The minimum Gasteiger partial charge on any atom is -0.326 e. The molecule has 1 fully saturated rings. The van der Waals surface area contributed by atoms with Crippen molar-refractivity contribution >= 4 is 0 Å². The lowest BCUT2D eigenvalue weighted by molar-refractivity contribution is 0.650. The molecule has 70 valence electrons. The molecule has 0 spiro atoms. The van der Waals surface area contributed by atoms with Gasteiger partial charge in [0.2, 0.25) is 0 Å². The van der Waals surface area contributed by atoms with Crippen LogP contribution >= 0.6 is 0 Å². The number of hydrogen-bond acceptors (Lipinski definition) is 2. The van der Waals surface area contributed by atoms with Crippen LogP contribution in [0.3, 0.4) is 0 Å². The van der Waals surface area contributed by atoms with E-state index in [-0.39, 0.29) is 6.04 Å². The van der Waals surface area contributed by atoms with Crippen LogP contribution in [0, 0.1) is 6.92 Å². The highest BCUT2D eigenvalue weighted by molar-refractivity contribution is 5.31. The molecule has 0 saturated carbocycles. The second-order valence-electron chi connectivity index (χ2n) is 3.79. The van der Waals surface area contributed by atoms with Crippen LogP contribution in [0.5, 0.6) is 0 Å². The summed E-state index contributed by atoms with van der Waals surface area (Å²) in [6.07, 6.45) is 0. The first-order valence-electron chi connectivity index (χ1n) is 4.81. The maximum atomic E-state index is 6.02. The van der Waals surface area contributed by atoms with Gasteiger partial charge in [0, 0.05) is 25.0 Å². The third kappa shape index (κ3) is 1.60. The van der Waals surface area contributed by atoms with Gasteiger partial charge in [-0.1, -0.05) is 24.3 Å². The molecule has 1 aromatic rings. The second-order valence-corrected chi connectivity index (χ2v) is 3.79. The summed E-state index contributed by atoms with van der Waals surface area (Å²) in [6.45, 7) is 4.12. The molecule has 2 rings (SSSR count). The third-order valence-electron chi connectivity index (χ3n) is 2.85. The first-order valence-corrected chi connectivity index (χ1v) is 4.81. The van der Waals surface area contributed by atoms with Gasteiger partial charge in [-0.05, 0) is 18.1 Å². The van der Waals surface area contributed by atoms with Crippen molar-refractivity contribution in [3.63, 3.8) is 0 Å². The van der Waals surface area contributed by atoms with Crippen LogP contribution in [-0.2, 0) is 0 Å². The Morgan fingerprint density at radius 2 is 2.08 bits per heavy atom. The highest BCUT2D eigenvalue weighted by atomic mass is 15.0. The molecule has 0 amide bonds. The van der Waals surface area contributed by atoms with Gasteiger partial charge in [-0.15, -0.1) is 0 Å². The van der Waals surface area contributed by atoms with Crippen LogP contribution < -0.4 is 11.1 Å². The van der Waals surface area contributed by atoms with Gasteiger partial charge in [-0.3, -0.25) is 0 Å². The molecule has 1 aliphatic rings. The van der Waals surface area contributed by atoms with Crippen molar-refractivity contribution in [1.82, 2.24) is 5.32 Å². The smallest absolute Gasteiger partial charge is 0.0247 e. The zero-order valence-electron chi connectivity index (χ0n) is 7.96. The monoisotopic (exact) mass is 176 g/mol. The molecule has 0 aliphatic carbocycles. The van der Waals surface area contributed by atoms with Gasteiger partial charge < -0.3 is 11.1 Å². The topological polar surface area (TPSA) is 38.0 Å². The Balaban J connectivity index is 2.29. The van der Waals surface area contributed by atoms with Gasteiger partial charge in [0.1, 0.15) is 0 Å². The van der Waals surface area contributed by atoms with Gasteiger partial charge in [0.05, 0.1) is 0 Å². The predicted octanol–water partition coefficient (Wildman–Crippen LogP) is 1.01. The summed E-state index contributed by atoms with van der Waals surface area (Å²) in [4.78, 5) is 0. The Morgan fingerprint density at radius 3 is 2.69 bits per heavy atom. The summed E-state index contributed by atoms with van der Waals surface area (Å²) in [6, 6.07) is 8.79. The van der Waals surface area contributed by atoms with E-state index >= 15 is 0 Å². The molecule has 3 N–H and O–H groups in total. The van der Waals surface area contributed by atoms with Crippen molar-refractivity contribution in [3.8, 4) is 0 Å². The molecule has 0 aromatic heterocycles. The minimum absolute atomic E-state index is 0.279. The summed E-state index contributed by atoms with van der Waals surface area (Å²) in [5, 5.41) is 3.32. The SMILES string of the molecule is Cc1ccccc1[C@H]1CNC[C@@H]1N. The van der Waals surface area contributed by atoms with E-state index in [4.69, 9.17) is 5.73 Å². The largest absolute Gasteiger partial charge is 0.326 e. The van der Waals surface area contributed by atoms with Crippen molar-refractivity contribution in [2.75, 3.05) is 13.1 Å². The van der Waals surface area contributed by atoms with Crippen molar-refractivity contribution in [1.29, 1.82) is 0 Å². The molecule has 1 saturated heterocycles. The Kier molecular flexibility index (Phi) is 2.34. The van der Waals surface area contributed by atoms with Crippen molar-refractivity contribution < 1.29 is 0 Å². The van der Waals surface area contributed by atoms with Gasteiger partial charge in [-0.2, -0.15) is 0 Å². The number of hydrogen-bond donors (Lipinski definition) is 2. The molecule has 2 atom stereocenters. The fourth-order valence-electron chi connectivity index (χ4n) is 2.04. The van der Waals surface area contributed by atoms with Gasteiger partial charge in [0.15, 0.2) is 0 Å². The van der Waals surface area contributed by atoms with E-state index in [0.717, 1.165) is 13.1 Å². The van der Waals surface area contributed by atoms with Crippen molar-refractivity contribution in [3.05, 3.63) is 35.4 Å². The lowest BCUT2D eigenvalue weighted by Gasteiger charge is -2.16. The van der Waals surface area contributed by atoms with Crippen LogP contribution in [0.25, 0.3) is 0 Å². The Labute approximate surface area is 79.1 Å². The van der Waals surface area contributed by atoms with E-state index < -0.39 is 0 Å². The van der Waals surface area contributed by atoms with E-state index in [0.29, 0.717) is 5.92 Å². The quantitative estimate of drug-likeness (QED) is 0.670. The number of nitrogens with one attached hydrogen (secondary N) is 1. The summed E-state index contributed by atoms with van der Waals surface area (Å²) in [7, 11) is 0. The van der Waals surface area contributed by atoms with E-state index in [1.165, 1.54) is 11.1 Å². The maximum absolute atomic E-state index is 6.02. The lowest BCUT2D eigenvalue weighted by atomic mass is 9.91. The summed E-state index contributed by atoms with van der Waals surface area (Å²) in [5.74, 6) is 0.501. The summed E-state index contributed by atoms with van der Waals surface area (Å²) < 4.78 is 0. The molecule has 1 aliphatic heterocycles. The first kappa shape index (κ1) is 8.73. The summed E-state index contributed by atoms with van der Waals surface area (Å²) >= 11 is 0. The molecule has 13 heavy (non-hydrogen) atoms. The predicted molar refractivity (Wildman–Crippen MR) is 54.8 cm³/mol. The fourth-order valence-corrected chi connectivity index (χ4v) is 2.04. The Hall–Kier alpha value is -0.860. The van der Waals surface area contributed by atoms with Crippen LogP contribution in [0.15, 0.2) is 24.3 Å². The second kappa shape index (κ2) is 3.48. The standard InChI is InChI=1S/C11H16N2/c1-8-4-2-3-5-9(8)10-6-13-7-11(10)12/h2-5,10-11,13H,6-7,12H2,1H3/t10-,11+/m1/s1. The molecule has 1 heterocycles. The zero-order chi connectivity index (χ0) is 9.26. The number of aryl methyl sites for hydroxylation is 1. The van der Waals surface area contributed by atoms with Gasteiger partial charge in [-0.25, -0.2) is 0 Å². The lowest BCUT2D eigenvalue weighted by Crippen LogP contribution is -2.27. The van der Waals surface area contributed by atoms with E-state index in [1.54, 1.807) is 0 Å². The van der Waals surface area contributed by atoms with Gasteiger partial charge in [0.25, 0.3) is 0 Å². The van der Waals surface area contributed by atoms with Crippen molar-refractivity contribution in [2.24, 2.45) is 5.73 Å². The molecule has 2 heteroatoms. The zero-order valence-corrected chi connectivity index (χ0v) is 7.96. The number of benzene rings is 1. The van der Waals surface area contributed by atoms with E-state index in [9.17, 15) is 0 Å². The average Bonchev–Trinajstić information content (AvgIpc) is 2.52. The molecular weight excluding hydrogens is 160 g/mol. The molecule has 1 aromatic carbocycles. The highest BCUT2D eigenvalue weighted by Gasteiger charge is 2.25. The minimum atomic E-state index is 0.279. The third-order valence-corrected chi connectivity index (χ3v) is 2.85. The average molecular weight is 176 g/mol. The van der Waals surface area contributed by atoms with Crippen LogP contribution in [-0.4, -0.2) is 19.1 Å². The first-order chi connectivity index (χ1) is 6.29. The van der Waals surface area contributed by atoms with E-state index in [2.05, 4.69) is 36.5 Å². The highest BCUT2D eigenvalue weighted by Crippen LogP contribution is 2.24.